The highest BCUT2D eigenvalue weighted by atomic mass is 32.1. The van der Waals surface area contributed by atoms with Crippen molar-refractivity contribution >= 4 is 53.4 Å². The summed E-state index contributed by atoms with van der Waals surface area (Å²) in [4.78, 5) is 16.6. The van der Waals surface area contributed by atoms with E-state index in [-0.39, 0.29) is 0 Å². The monoisotopic (exact) mass is 732 g/mol. The molecule has 56 heavy (non-hydrogen) atoms. The maximum atomic E-state index is 5.29. The van der Waals surface area contributed by atoms with Gasteiger partial charge in [0.05, 0.1) is 32.8 Å². The number of pyridine rings is 1. The van der Waals surface area contributed by atoms with Crippen molar-refractivity contribution in [3.05, 3.63) is 194 Å². The first-order valence-corrected chi connectivity index (χ1v) is 19.6. The zero-order chi connectivity index (χ0) is 37.0. The van der Waals surface area contributed by atoms with E-state index >= 15 is 0 Å². The molecule has 4 heterocycles. The molecule has 4 nitrogen and oxygen atoms in total. The van der Waals surface area contributed by atoms with Crippen LogP contribution < -0.4 is 0 Å². The second-order valence-electron chi connectivity index (χ2n) is 14.0. The molecular formula is C51H32N4S. The molecule has 4 aromatic heterocycles. The molecule has 0 spiro atoms. The van der Waals surface area contributed by atoms with Gasteiger partial charge in [-0.05, 0) is 41.5 Å². The Bertz CT molecular complexity index is 3150. The van der Waals surface area contributed by atoms with Gasteiger partial charge >= 0.3 is 0 Å². The van der Waals surface area contributed by atoms with Crippen molar-refractivity contribution in [2.45, 2.75) is 0 Å². The topological polar surface area (TPSA) is 43.6 Å². The van der Waals surface area contributed by atoms with Crippen LogP contribution >= 0.6 is 11.3 Å². The third kappa shape index (κ3) is 5.32. The van der Waals surface area contributed by atoms with Crippen molar-refractivity contribution in [1.82, 2.24) is 19.5 Å². The first-order valence-electron chi connectivity index (χ1n) is 18.8. The summed E-state index contributed by atoms with van der Waals surface area (Å²) in [6, 6.07) is 68.1. The maximum Gasteiger partial charge on any atom is 0.160 e. The van der Waals surface area contributed by atoms with Gasteiger partial charge < -0.3 is 4.57 Å². The molecule has 0 N–H and O–H groups in total. The van der Waals surface area contributed by atoms with E-state index in [4.69, 9.17) is 15.0 Å². The summed E-state index contributed by atoms with van der Waals surface area (Å²) >= 11 is 1.83. The van der Waals surface area contributed by atoms with Gasteiger partial charge in [-0.15, -0.1) is 11.3 Å². The molecule has 11 rings (SSSR count). The molecule has 0 aliphatic heterocycles. The number of aromatic nitrogens is 4. The summed E-state index contributed by atoms with van der Waals surface area (Å²) in [5.74, 6) is 0.710. The Morgan fingerprint density at radius 1 is 0.411 bits per heavy atom. The van der Waals surface area contributed by atoms with Crippen LogP contribution in [0.4, 0.5) is 0 Å². The van der Waals surface area contributed by atoms with Gasteiger partial charge in [0.25, 0.3) is 0 Å². The van der Waals surface area contributed by atoms with Crippen molar-refractivity contribution in [3.63, 3.8) is 0 Å². The summed E-state index contributed by atoms with van der Waals surface area (Å²) in [6.07, 6.45) is 0. The zero-order valence-corrected chi connectivity index (χ0v) is 31.0. The Morgan fingerprint density at radius 3 is 1.68 bits per heavy atom. The van der Waals surface area contributed by atoms with Crippen LogP contribution in [-0.4, -0.2) is 19.5 Å². The highest BCUT2D eigenvalue weighted by molar-refractivity contribution is 7.26. The van der Waals surface area contributed by atoms with E-state index in [0.717, 1.165) is 61.5 Å². The molecule has 0 amide bonds. The Balaban J connectivity index is 1.15. The molecule has 0 aliphatic carbocycles. The lowest BCUT2D eigenvalue weighted by Crippen LogP contribution is -1.95. The van der Waals surface area contributed by atoms with Gasteiger partial charge in [-0.2, -0.15) is 0 Å². The molecule has 262 valence electrons. The highest BCUT2D eigenvalue weighted by Crippen LogP contribution is 2.49. The molecule has 0 aliphatic rings. The van der Waals surface area contributed by atoms with E-state index in [1.165, 1.54) is 36.8 Å². The normalized spacial score (nSPS) is 11.6. The van der Waals surface area contributed by atoms with Crippen molar-refractivity contribution in [1.29, 1.82) is 0 Å². The molecule has 0 saturated heterocycles. The van der Waals surface area contributed by atoms with Crippen LogP contribution in [0.5, 0.6) is 0 Å². The van der Waals surface area contributed by atoms with Crippen molar-refractivity contribution in [2.24, 2.45) is 0 Å². The minimum Gasteiger partial charge on any atom is -0.301 e. The summed E-state index contributed by atoms with van der Waals surface area (Å²) in [5.41, 5.74) is 12.7. The molecule has 0 atom stereocenters. The Hall–Kier alpha value is -7.21. The van der Waals surface area contributed by atoms with E-state index < -0.39 is 0 Å². The Labute approximate surface area is 327 Å². The number of nitrogens with zero attached hydrogens (tertiary/aromatic N) is 4. The maximum absolute atomic E-state index is 5.29. The smallest absolute Gasteiger partial charge is 0.160 e. The third-order valence-corrected chi connectivity index (χ3v) is 11.8. The fourth-order valence-electron chi connectivity index (χ4n) is 8.04. The second-order valence-corrected chi connectivity index (χ2v) is 15.0. The lowest BCUT2D eigenvalue weighted by Gasteiger charge is -2.11. The fraction of sp³-hybridized carbons (Fsp3) is 0. The first-order chi connectivity index (χ1) is 27.8. The summed E-state index contributed by atoms with van der Waals surface area (Å²) in [7, 11) is 0. The summed E-state index contributed by atoms with van der Waals surface area (Å²) in [5, 5.41) is 4.91. The quantitative estimate of drug-likeness (QED) is 0.171. The van der Waals surface area contributed by atoms with Gasteiger partial charge in [0.2, 0.25) is 0 Å². The van der Waals surface area contributed by atoms with Crippen LogP contribution in [0.25, 0.3) is 104 Å². The van der Waals surface area contributed by atoms with Crippen LogP contribution in [0.2, 0.25) is 0 Å². The standard InChI is InChI=1S/C51H32N4S/c1-5-16-34(17-6-1)42-32-43(54-50(53-42)37-20-9-3-10-21-37)35-30-28-33(29-31-35)39-25-15-27-44-45(39)47-46-40-24-13-14-26-41(40)52-48(36-18-7-2-8-19-36)49(46)56-51(47)55(44)38-22-11-4-12-23-38/h1-32H. The number of rotatable bonds is 6. The number of benzene rings is 7. The second kappa shape index (κ2) is 13.3. The number of para-hydroxylation sites is 2. The molecular weight excluding hydrogens is 701 g/mol. The van der Waals surface area contributed by atoms with E-state index in [1.54, 1.807) is 0 Å². The van der Waals surface area contributed by atoms with Crippen molar-refractivity contribution in [2.75, 3.05) is 0 Å². The minimum atomic E-state index is 0.710. The van der Waals surface area contributed by atoms with Gasteiger partial charge in [-0.3, -0.25) is 0 Å². The number of hydrogen-bond donors (Lipinski definition) is 0. The Kier molecular flexibility index (Phi) is 7.64. The van der Waals surface area contributed by atoms with Crippen LogP contribution in [0.15, 0.2) is 194 Å². The fourth-order valence-corrected chi connectivity index (χ4v) is 9.41. The number of thiophene rings is 1. The van der Waals surface area contributed by atoms with Crippen molar-refractivity contribution in [3.8, 4) is 62.0 Å². The largest absolute Gasteiger partial charge is 0.301 e. The van der Waals surface area contributed by atoms with Gasteiger partial charge in [0.1, 0.15) is 4.83 Å². The SMILES string of the molecule is c1ccc(-c2cc(-c3ccc(-c4cccc5c4c4c6c(sc4n5-c4ccccc4)c(-c4ccccc4)nc4ccccc46)cc3)nc(-c3ccccc3)n2)cc1. The van der Waals surface area contributed by atoms with Gasteiger partial charge in [0, 0.05) is 49.5 Å². The Morgan fingerprint density at radius 2 is 0.982 bits per heavy atom. The number of fused-ring (bicyclic) bond motifs is 7. The van der Waals surface area contributed by atoms with Gasteiger partial charge in [-0.25, -0.2) is 15.0 Å². The molecule has 5 heteroatoms. The van der Waals surface area contributed by atoms with Crippen LogP contribution in [0.1, 0.15) is 0 Å². The van der Waals surface area contributed by atoms with Crippen LogP contribution in [0, 0.1) is 0 Å². The molecule has 7 aromatic carbocycles. The lowest BCUT2D eigenvalue weighted by atomic mass is 9.96. The molecule has 11 aromatic rings. The molecule has 0 bridgehead atoms. The predicted molar refractivity (Wildman–Crippen MR) is 234 cm³/mol. The average molecular weight is 733 g/mol. The summed E-state index contributed by atoms with van der Waals surface area (Å²) in [6.45, 7) is 0. The molecule has 0 fully saturated rings. The van der Waals surface area contributed by atoms with E-state index in [0.29, 0.717) is 5.82 Å². The van der Waals surface area contributed by atoms with Crippen LogP contribution in [0.3, 0.4) is 0 Å². The van der Waals surface area contributed by atoms with E-state index in [9.17, 15) is 0 Å². The van der Waals surface area contributed by atoms with E-state index in [2.05, 4.69) is 174 Å². The lowest BCUT2D eigenvalue weighted by molar-refractivity contribution is 1.18. The first kappa shape index (κ1) is 32.2. The average Bonchev–Trinajstić information content (AvgIpc) is 3.82. The van der Waals surface area contributed by atoms with Crippen molar-refractivity contribution < 1.29 is 0 Å². The van der Waals surface area contributed by atoms with E-state index in [1.807, 2.05) is 35.6 Å². The van der Waals surface area contributed by atoms with Gasteiger partial charge in [-0.1, -0.05) is 164 Å². The number of hydrogen-bond acceptors (Lipinski definition) is 4. The highest BCUT2D eigenvalue weighted by Gasteiger charge is 2.24. The van der Waals surface area contributed by atoms with Crippen LogP contribution in [-0.2, 0) is 0 Å². The third-order valence-electron chi connectivity index (χ3n) is 10.6. The molecule has 0 unspecified atom stereocenters. The zero-order valence-electron chi connectivity index (χ0n) is 30.2. The molecule has 0 radical (unpaired) electrons. The van der Waals surface area contributed by atoms with Gasteiger partial charge in [0.15, 0.2) is 5.82 Å². The molecule has 0 saturated carbocycles. The summed E-state index contributed by atoms with van der Waals surface area (Å²) < 4.78 is 3.64. The minimum absolute atomic E-state index is 0.710. The predicted octanol–water partition coefficient (Wildman–Crippen LogP) is 13.7.